The van der Waals surface area contributed by atoms with Crippen LogP contribution < -0.4 is 4.74 Å². The Kier molecular flexibility index (Phi) is 3.38. The molecular formula is C8H7NO3S2. The minimum Gasteiger partial charge on any atom is -0.494 e. The zero-order valence-electron chi connectivity index (χ0n) is 7.53. The number of aromatic carboxylic acids is 1. The third kappa shape index (κ3) is 1.69. The SMILES string of the molecule is COc1c(C#N)sc(SC)c1C(=O)O. The fraction of sp³-hybridized carbons (Fsp3) is 0.250. The molecule has 1 aromatic heterocycles. The largest absolute Gasteiger partial charge is 0.494 e. The van der Waals surface area contributed by atoms with Crippen LogP contribution in [0.4, 0.5) is 0 Å². The summed E-state index contributed by atoms with van der Waals surface area (Å²) < 4.78 is 5.49. The number of thiophene rings is 1. The molecule has 1 heterocycles. The van der Waals surface area contributed by atoms with Gasteiger partial charge in [0.1, 0.15) is 16.5 Å². The van der Waals surface area contributed by atoms with E-state index in [0.29, 0.717) is 9.09 Å². The van der Waals surface area contributed by atoms with E-state index >= 15 is 0 Å². The highest BCUT2D eigenvalue weighted by Gasteiger charge is 2.23. The van der Waals surface area contributed by atoms with Crippen molar-refractivity contribution in [3.05, 3.63) is 10.4 Å². The van der Waals surface area contributed by atoms with E-state index in [4.69, 9.17) is 15.1 Å². The van der Waals surface area contributed by atoms with E-state index in [1.807, 2.05) is 6.07 Å². The molecule has 1 N–H and O–H groups in total. The van der Waals surface area contributed by atoms with Gasteiger partial charge in [-0.15, -0.1) is 23.1 Å². The van der Waals surface area contributed by atoms with Crippen LogP contribution in [0.1, 0.15) is 15.2 Å². The number of carbonyl (C=O) groups is 1. The number of rotatable bonds is 3. The lowest BCUT2D eigenvalue weighted by Gasteiger charge is -1.99. The molecule has 0 saturated carbocycles. The number of nitriles is 1. The highest BCUT2D eigenvalue weighted by atomic mass is 32.2. The molecule has 4 nitrogen and oxygen atoms in total. The van der Waals surface area contributed by atoms with Crippen molar-refractivity contribution in [2.75, 3.05) is 13.4 Å². The van der Waals surface area contributed by atoms with Gasteiger partial charge in [0.2, 0.25) is 0 Å². The standard InChI is InChI=1S/C8H7NO3S2/c1-12-6-4(3-9)14-8(13-2)5(6)7(10)11/h1-2H3,(H,10,11). The minimum atomic E-state index is -1.07. The maximum Gasteiger partial charge on any atom is 0.341 e. The van der Waals surface area contributed by atoms with Crippen LogP contribution in [0, 0.1) is 11.3 Å². The van der Waals surface area contributed by atoms with Gasteiger partial charge in [-0.1, -0.05) is 0 Å². The molecule has 0 aliphatic carbocycles. The first-order chi connectivity index (χ1) is 6.65. The van der Waals surface area contributed by atoms with Gasteiger partial charge >= 0.3 is 5.97 Å². The fourth-order valence-corrected chi connectivity index (χ4v) is 2.75. The molecule has 0 aromatic carbocycles. The van der Waals surface area contributed by atoms with Crippen molar-refractivity contribution in [2.24, 2.45) is 0 Å². The molecule has 0 aliphatic rings. The Hall–Kier alpha value is -1.19. The van der Waals surface area contributed by atoms with E-state index in [2.05, 4.69) is 0 Å². The molecule has 14 heavy (non-hydrogen) atoms. The van der Waals surface area contributed by atoms with E-state index in [1.54, 1.807) is 6.26 Å². The topological polar surface area (TPSA) is 70.3 Å². The Labute approximate surface area is 89.1 Å². The quantitative estimate of drug-likeness (QED) is 0.803. The number of carboxylic acids is 1. The molecule has 0 amide bonds. The van der Waals surface area contributed by atoms with Crippen LogP contribution in [-0.2, 0) is 0 Å². The molecule has 0 atom stereocenters. The van der Waals surface area contributed by atoms with E-state index in [0.717, 1.165) is 11.3 Å². The highest BCUT2D eigenvalue weighted by molar-refractivity contribution is 8.00. The third-order valence-electron chi connectivity index (χ3n) is 1.54. The number of thioether (sulfide) groups is 1. The van der Waals surface area contributed by atoms with Crippen molar-refractivity contribution in [3.63, 3.8) is 0 Å². The highest BCUT2D eigenvalue weighted by Crippen LogP contribution is 2.39. The Morgan fingerprint density at radius 2 is 2.36 bits per heavy atom. The van der Waals surface area contributed by atoms with Gasteiger partial charge in [-0.3, -0.25) is 0 Å². The summed E-state index contributed by atoms with van der Waals surface area (Å²) in [5.74, 6) is -0.904. The van der Waals surface area contributed by atoms with Crippen LogP contribution in [0.15, 0.2) is 4.21 Å². The summed E-state index contributed by atoms with van der Waals surface area (Å²) >= 11 is 2.43. The number of ether oxygens (including phenoxy) is 1. The van der Waals surface area contributed by atoms with Gasteiger partial charge in [0.15, 0.2) is 5.75 Å². The summed E-state index contributed by atoms with van der Waals surface area (Å²) in [4.78, 5) is 11.2. The fourth-order valence-electron chi connectivity index (χ4n) is 0.993. The molecular weight excluding hydrogens is 222 g/mol. The van der Waals surface area contributed by atoms with Gasteiger partial charge in [-0.25, -0.2) is 4.79 Å². The summed E-state index contributed by atoms with van der Waals surface area (Å²) in [6, 6.07) is 1.91. The normalized spacial score (nSPS) is 9.50. The average Bonchev–Trinajstić information content (AvgIpc) is 2.54. The first-order valence-electron chi connectivity index (χ1n) is 3.53. The number of carboxylic acid groups (broad SMARTS) is 1. The Morgan fingerprint density at radius 1 is 1.71 bits per heavy atom. The maximum absolute atomic E-state index is 10.9. The molecule has 0 radical (unpaired) electrons. The second kappa shape index (κ2) is 4.35. The molecule has 1 aromatic rings. The molecule has 0 fully saturated rings. The van der Waals surface area contributed by atoms with Gasteiger partial charge in [0.05, 0.1) is 11.3 Å². The van der Waals surface area contributed by atoms with E-state index < -0.39 is 5.97 Å². The molecule has 0 aliphatic heterocycles. The number of methoxy groups -OCH3 is 1. The van der Waals surface area contributed by atoms with Crippen molar-refractivity contribution in [1.82, 2.24) is 0 Å². The van der Waals surface area contributed by atoms with Gasteiger partial charge in [0.25, 0.3) is 0 Å². The van der Waals surface area contributed by atoms with Crippen LogP contribution in [-0.4, -0.2) is 24.4 Å². The number of hydrogen-bond acceptors (Lipinski definition) is 5. The molecule has 0 bridgehead atoms. The molecule has 0 unspecified atom stereocenters. The molecule has 0 saturated heterocycles. The first kappa shape index (κ1) is 10.9. The lowest BCUT2D eigenvalue weighted by molar-refractivity contribution is 0.0690. The lowest BCUT2D eigenvalue weighted by atomic mass is 10.3. The third-order valence-corrected chi connectivity index (χ3v) is 3.73. The van der Waals surface area contributed by atoms with Gasteiger partial charge < -0.3 is 9.84 Å². The summed E-state index contributed by atoms with van der Waals surface area (Å²) in [5, 5.41) is 17.7. The lowest BCUT2D eigenvalue weighted by Crippen LogP contribution is -1.99. The zero-order valence-corrected chi connectivity index (χ0v) is 9.16. The second-order valence-electron chi connectivity index (χ2n) is 2.25. The maximum atomic E-state index is 10.9. The number of nitrogens with zero attached hydrogens (tertiary/aromatic N) is 1. The van der Waals surface area contributed by atoms with Gasteiger partial charge in [-0.2, -0.15) is 5.26 Å². The Bertz CT molecular complexity index is 405. The number of hydrogen-bond donors (Lipinski definition) is 1. The van der Waals surface area contributed by atoms with Crippen molar-refractivity contribution in [2.45, 2.75) is 4.21 Å². The van der Waals surface area contributed by atoms with Crippen LogP contribution in [0.25, 0.3) is 0 Å². The van der Waals surface area contributed by atoms with Crippen LogP contribution in [0.2, 0.25) is 0 Å². The predicted octanol–water partition coefficient (Wildman–Crippen LogP) is 2.05. The minimum absolute atomic E-state index is 0.0848. The van der Waals surface area contributed by atoms with E-state index in [1.165, 1.54) is 18.9 Å². The first-order valence-corrected chi connectivity index (χ1v) is 5.58. The van der Waals surface area contributed by atoms with E-state index in [-0.39, 0.29) is 11.3 Å². The summed E-state index contributed by atoms with van der Waals surface area (Å²) in [6.45, 7) is 0. The average molecular weight is 229 g/mol. The van der Waals surface area contributed by atoms with Crippen LogP contribution in [0.3, 0.4) is 0 Å². The molecule has 1 rings (SSSR count). The van der Waals surface area contributed by atoms with Gasteiger partial charge in [0, 0.05) is 0 Å². The summed E-state index contributed by atoms with van der Waals surface area (Å²) in [7, 11) is 1.36. The zero-order chi connectivity index (χ0) is 10.7. The molecule has 6 heteroatoms. The predicted molar refractivity (Wildman–Crippen MR) is 54.3 cm³/mol. The molecule has 0 spiro atoms. The monoisotopic (exact) mass is 229 g/mol. The smallest absolute Gasteiger partial charge is 0.341 e. The van der Waals surface area contributed by atoms with Crippen molar-refractivity contribution in [1.29, 1.82) is 5.26 Å². The summed E-state index contributed by atoms with van der Waals surface area (Å²) in [5.41, 5.74) is 0.0848. The van der Waals surface area contributed by atoms with Crippen LogP contribution >= 0.6 is 23.1 Å². The molecule has 74 valence electrons. The second-order valence-corrected chi connectivity index (χ2v) is 4.34. The van der Waals surface area contributed by atoms with Crippen molar-refractivity contribution < 1.29 is 14.6 Å². The van der Waals surface area contributed by atoms with E-state index in [9.17, 15) is 4.79 Å². The van der Waals surface area contributed by atoms with Crippen molar-refractivity contribution >= 4 is 29.1 Å². The Morgan fingerprint density at radius 3 is 2.71 bits per heavy atom. The van der Waals surface area contributed by atoms with Gasteiger partial charge in [-0.05, 0) is 6.26 Å². The summed E-state index contributed by atoms with van der Waals surface area (Å²) in [6.07, 6.45) is 1.76. The Balaban J connectivity index is 3.43. The van der Waals surface area contributed by atoms with Crippen molar-refractivity contribution in [3.8, 4) is 11.8 Å². The van der Waals surface area contributed by atoms with Crippen LogP contribution in [0.5, 0.6) is 5.75 Å².